The first-order valence-electron chi connectivity index (χ1n) is 6.37. The van der Waals surface area contributed by atoms with Crippen LogP contribution >= 0.6 is 11.6 Å². The van der Waals surface area contributed by atoms with Gasteiger partial charge in [0, 0.05) is 11.1 Å². The minimum absolute atomic E-state index is 0.166. The largest absolute Gasteiger partial charge is 0.393 e. The Balaban J connectivity index is 1.80. The normalized spacial score (nSPS) is 20.3. The summed E-state index contributed by atoms with van der Waals surface area (Å²) >= 11 is 5.98. The van der Waals surface area contributed by atoms with Crippen LogP contribution in [0.1, 0.15) is 30.9 Å². The molecule has 0 radical (unpaired) electrons. The van der Waals surface area contributed by atoms with Gasteiger partial charge in [-0.15, -0.1) is 0 Å². The number of hydrogen-bond acceptors (Lipinski definition) is 2. The maximum absolute atomic E-state index is 9.48. The van der Waals surface area contributed by atoms with Gasteiger partial charge in [0.15, 0.2) is 0 Å². The predicted molar refractivity (Wildman–Crippen MR) is 71.6 cm³/mol. The third-order valence-corrected chi connectivity index (χ3v) is 3.72. The summed E-state index contributed by atoms with van der Waals surface area (Å²) in [5, 5.41) is 13.8. The molecule has 1 aliphatic rings. The Bertz CT molecular complexity index is 380. The molecule has 0 saturated heterocycles. The minimum Gasteiger partial charge on any atom is -0.393 e. The summed E-state index contributed by atoms with van der Waals surface area (Å²) in [5.74, 6) is 0. The van der Waals surface area contributed by atoms with Crippen LogP contribution in [0.4, 0.5) is 0 Å². The van der Waals surface area contributed by atoms with Gasteiger partial charge in [0.2, 0.25) is 0 Å². The number of fused-ring (bicyclic) bond motifs is 1. The van der Waals surface area contributed by atoms with Gasteiger partial charge < -0.3 is 10.4 Å². The van der Waals surface area contributed by atoms with Crippen LogP contribution in [0.5, 0.6) is 0 Å². The maximum Gasteiger partial charge on any atom is 0.0549 e. The van der Waals surface area contributed by atoms with Crippen LogP contribution in [0.25, 0.3) is 0 Å². The second kappa shape index (κ2) is 5.85. The van der Waals surface area contributed by atoms with Gasteiger partial charge in [-0.05, 0) is 55.5 Å². The van der Waals surface area contributed by atoms with E-state index in [4.69, 9.17) is 11.6 Å². The number of nitrogens with one attached hydrogen (secondary N) is 1. The summed E-state index contributed by atoms with van der Waals surface area (Å²) in [5.41, 5.74) is 2.77. The number of aliphatic hydroxyl groups excluding tert-OH is 1. The molecule has 0 amide bonds. The van der Waals surface area contributed by atoms with Crippen molar-refractivity contribution in [2.45, 2.75) is 44.8 Å². The monoisotopic (exact) mass is 253 g/mol. The first-order valence-corrected chi connectivity index (χ1v) is 6.75. The highest BCUT2D eigenvalue weighted by atomic mass is 35.5. The van der Waals surface area contributed by atoms with Crippen LogP contribution < -0.4 is 5.32 Å². The van der Waals surface area contributed by atoms with E-state index in [2.05, 4.69) is 17.4 Å². The highest BCUT2D eigenvalue weighted by Gasteiger charge is 2.20. The van der Waals surface area contributed by atoms with E-state index < -0.39 is 0 Å². The number of hydrogen-bond donors (Lipinski definition) is 2. The van der Waals surface area contributed by atoms with Crippen LogP contribution in [-0.2, 0) is 12.8 Å². The number of rotatable bonds is 5. The fraction of sp³-hybridized carbons (Fsp3) is 0.571. The van der Waals surface area contributed by atoms with Crippen LogP contribution in [0.2, 0.25) is 5.02 Å². The molecule has 2 N–H and O–H groups in total. The number of halogens is 1. The van der Waals surface area contributed by atoms with E-state index >= 15 is 0 Å². The first kappa shape index (κ1) is 12.9. The molecule has 3 heteroatoms. The molecule has 0 bridgehead atoms. The van der Waals surface area contributed by atoms with Crippen molar-refractivity contribution in [2.75, 3.05) is 6.54 Å². The van der Waals surface area contributed by atoms with Crippen molar-refractivity contribution >= 4 is 11.6 Å². The molecule has 94 valence electrons. The summed E-state index contributed by atoms with van der Waals surface area (Å²) in [4.78, 5) is 0. The van der Waals surface area contributed by atoms with E-state index in [0.29, 0.717) is 6.04 Å². The SMILES string of the molecule is CCC(O)CCNC1Cc2ccc(Cl)cc2C1. The van der Waals surface area contributed by atoms with Gasteiger partial charge in [-0.25, -0.2) is 0 Å². The van der Waals surface area contributed by atoms with Crippen LogP contribution in [-0.4, -0.2) is 23.8 Å². The molecular weight excluding hydrogens is 234 g/mol. The molecule has 0 fully saturated rings. The molecule has 2 unspecified atom stereocenters. The highest BCUT2D eigenvalue weighted by molar-refractivity contribution is 6.30. The van der Waals surface area contributed by atoms with Crippen molar-refractivity contribution in [3.8, 4) is 0 Å². The lowest BCUT2D eigenvalue weighted by molar-refractivity contribution is 0.158. The lowest BCUT2D eigenvalue weighted by Crippen LogP contribution is -2.32. The van der Waals surface area contributed by atoms with Crippen molar-refractivity contribution in [3.63, 3.8) is 0 Å². The van der Waals surface area contributed by atoms with E-state index in [-0.39, 0.29) is 6.10 Å². The molecule has 2 nitrogen and oxygen atoms in total. The van der Waals surface area contributed by atoms with Crippen LogP contribution in [0.3, 0.4) is 0 Å². The third kappa shape index (κ3) is 3.44. The van der Waals surface area contributed by atoms with Crippen LogP contribution in [0.15, 0.2) is 18.2 Å². The van der Waals surface area contributed by atoms with E-state index in [1.807, 2.05) is 13.0 Å². The molecule has 17 heavy (non-hydrogen) atoms. The third-order valence-electron chi connectivity index (χ3n) is 3.48. The van der Waals surface area contributed by atoms with Gasteiger partial charge in [0.25, 0.3) is 0 Å². The van der Waals surface area contributed by atoms with Gasteiger partial charge in [0.1, 0.15) is 0 Å². The molecule has 0 aromatic heterocycles. The Morgan fingerprint density at radius 3 is 2.94 bits per heavy atom. The standard InChI is InChI=1S/C14H20ClNO/c1-2-14(17)5-6-16-13-8-10-3-4-12(15)7-11(10)9-13/h3-4,7,13-14,16-17H,2,5-6,8-9H2,1H3. The van der Waals surface area contributed by atoms with Crippen molar-refractivity contribution in [3.05, 3.63) is 34.3 Å². The quantitative estimate of drug-likeness (QED) is 0.845. The Morgan fingerprint density at radius 1 is 1.41 bits per heavy atom. The first-order chi connectivity index (χ1) is 8.19. The Morgan fingerprint density at radius 2 is 2.18 bits per heavy atom. The van der Waals surface area contributed by atoms with Crippen molar-refractivity contribution < 1.29 is 5.11 Å². The van der Waals surface area contributed by atoms with E-state index in [1.165, 1.54) is 11.1 Å². The molecule has 2 rings (SSSR count). The molecule has 0 aliphatic heterocycles. The van der Waals surface area contributed by atoms with Gasteiger partial charge in [-0.1, -0.05) is 24.6 Å². The maximum atomic E-state index is 9.48. The topological polar surface area (TPSA) is 32.3 Å². The number of aliphatic hydroxyl groups is 1. The zero-order valence-electron chi connectivity index (χ0n) is 10.2. The lowest BCUT2D eigenvalue weighted by Gasteiger charge is -2.13. The molecule has 1 aromatic rings. The zero-order chi connectivity index (χ0) is 12.3. The van der Waals surface area contributed by atoms with E-state index in [9.17, 15) is 5.11 Å². The van der Waals surface area contributed by atoms with Gasteiger partial charge in [0.05, 0.1) is 6.10 Å². The fourth-order valence-electron chi connectivity index (χ4n) is 2.39. The molecule has 2 atom stereocenters. The van der Waals surface area contributed by atoms with Gasteiger partial charge in [-0.3, -0.25) is 0 Å². The molecular formula is C14H20ClNO. The molecule has 0 saturated carbocycles. The second-order valence-corrected chi connectivity index (χ2v) is 5.26. The van der Waals surface area contributed by atoms with Crippen molar-refractivity contribution in [1.29, 1.82) is 0 Å². The lowest BCUT2D eigenvalue weighted by atomic mass is 10.1. The average molecular weight is 254 g/mol. The molecule has 1 aliphatic carbocycles. The smallest absolute Gasteiger partial charge is 0.0549 e. The molecule has 0 spiro atoms. The fourth-order valence-corrected chi connectivity index (χ4v) is 2.58. The second-order valence-electron chi connectivity index (χ2n) is 4.82. The predicted octanol–water partition coefficient (Wildman–Crippen LogP) is 2.56. The van der Waals surface area contributed by atoms with Crippen molar-refractivity contribution in [2.24, 2.45) is 0 Å². The number of benzene rings is 1. The highest BCUT2D eigenvalue weighted by Crippen LogP contribution is 2.25. The summed E-state index contributed by atoms with van der Waals surface area (Å²) in [6.45, 7) is 2.90. The summed E-state index contributed by atoms with van der Waals surface area (Å²) < 4.78 is 0. The molecule has 0 heterocycles. The van der Waals surface area contributed by atoms with Gasteiger partial charge >= 0.3 is 0 Å². The van der Waals surface area contributed by atoms with Crippen molar-refractivity contribution in [1.82, 2.24) is 5.32 Å². The minimum atomic E-state index is -0.166. The summed E-state index contributed by atoms with van der Waals surface area (Å²) in [6.07, 6.45) is 3.64. The average Bonchev–Trinajstić information content (AvgIpc) is 2.70. The van der Waals surface area contributed by atoms with Gasteiger partial charge in [-0.2, -0.15) is 0 Å². The Hall–Kier alpha value is -0.570. The zero-order valence-corrected chi connectivity index (χ0v) is 11.0. The Kier molecular flexibility index (Phi) is 4.43. The Labute approximate surface area is 108 Å². The van der Waals surface area contributed by atoms with E-state index in [1.54, 1.807) is 0 Å². The van der Waals surface area contributed by atoms with E-state index in [0.717, 1.165) is 37.3 Å². The summed E-state index contributed by atoms with van der Waals surface area (Å²) in [7, 11) is 0. The summed E-state index contributed by atoms with van der Waals surface area (Å²) in [6, 6.07) is 6.66. The van der Waals surface area contributed by atoms with Crippen LogP contribution in [0, 0.1) is 0 Å². The molecule has 1 aromatic carbocycles.